The molecule has 1 aromatic carbocycles. The van der Waals surface area contributed by atoms with Crippen molar-refractivity contribution in [2.75, 3.05) is 25.0 Å². The van der Waals surface area contributed by atoms with E-state index < -0.39 is 12.8 Å². The van der Waals surface area contributed by atoms with Crippen molar-refractivity contribution in [2.24, 2.45) is 5.92 Å². The predicted molar refractivity (Wildman–Crippen MR) is 74.8 cm³/mol. The number of benzene rings is 1. The van der Waals surface area contributed by atoms with Gasteiger partial charge in [-0.3, -0.25) is 4.79 Å². The SMILES string of the molecule is Cl.O=C(Nc1ccc(OCC(F)(F)F)cc1)C1CCNC1. The molecule has 1 saturated heterocycles. The molecule has 0 spiro atoms. The summed E-state index contributed by atoms with van der Waals surface area (Å²) in [6, 6.07) is 5.83. The molecule has 1 amide bonds. The summed E-state index contributed by atoms with van der Waals surface area (Å²) in [5.41, 5.74) is 0.543. The van der Waals surface area contributed by atoms with Gasteiger partial charge < -0.3 is 15.4 Å². The number of nitrogens with one attached hydrogen (secondary N) is 2. The zero-order chi connectivity index (χ0) is 14.6. The average molecular weight is 325 g/mol. The van der Waals surface area contributed by atoms with E-state index in [2.05, 4.69) is 15.4 Å². The van der Waals surface area contributed by atoms with Crippen LogP contribution in [0.25, 0.3) is 0 Å². The van der Waals surface area contributed by atoms with Crippen LogP contribution < -0.4 is 15.4 Å². The highest BCUT2D eigenvalue weighted by molar-refractivity contribution is 5.92. The van der Waals surface area contributed by atoms with Crippen molar-refractivity contribution in [2.45, 2.75) is 12.6 Å². The molecule has 0 aromatic heterocycles. The fourth-order valence-electron chi connectivity index (χ4n) is 1.92. The largest absolute Gasteiger partial charge is 0.484 e. The van der Waals surface area contributed by atoms with E-state index in [1.54, 1.807) is 0 Å². The lowest BCUT2D eigenvalue weighted by Crippen LogP contribution is -2.24. The summed E-state index contributed by atoms with van der Waals surface area (Å²) < 4.78 is 40.5. The number of anilines is 1. The minimum Gasteiger partial charge on any atom is -0.484 e. The lowest BCUT2D eigenvalue weighted by atomic mass is 10.1. The normalized spacial score (nSPS) is 18.0. The molecule has 8 heteroatoms. The summed E-state index contributed by atoms with van der Waals surface area (Å²) in [5, 5.41) is 5.82. The van der Waals surface area contributed by atoms with E-state index in [1.165, 1.54) is 24.3 Å². The molecule has 1 atom stereocenters. The first-order chi connectivity index (χ1) is 9.44. The van der Waals surface area contributed by atoms with Crippen LogP contribution in [0.5, 0.6) is 5.75 Å². The maximum absolute atomic E-state index is 12.0. The summed E-state index contributed by atoms with van der Waals surface area (Å²) in [4.78, 5) is 11.8. The first-order valence-corrected chi connectivity index (χ1v) is 6.25. The molecule has 2 rings (SSSR count). The van der Waals surface area contributed by atoms with Crippen molar-refractivity contribution in [3.63, 3.8) is 0 Å². The van der Waals surface area contributed by atoms with Gasteiger partial charge in [0.05, 0.1) is 5.92 Å². The first-order valence-electron chi connectivity index (χ1n) is 6.25. The summed E-state index contributed by atoms with van der Waals surface area (Å²) in [7, 11) is 0. The molecule has 1 unspecified atom stereocenters. The van der Waals surface area contributed by atoms with Gasteiger partial charge in [0.1, 0.15) is 5.75 Å². The standard InChI is InChI=1S/C13H15F3N2O2.ClH/c14-13(15,16)8-20-11-3-1-10(2-4-11)18-12(19)9-5-6-17-7-9;/h1-4,9,17H,5-8H2,(H,18,19);1H. The van der Waals surface area contributed by atoms with Crippen molar-refractivity contribution in [3.05, 3.63) is 24.3 Å². The molecule has 0 saturated carbocycles. The lowest BCUT2D eigenvalue weighted by molar-refractivity contribution is -0.153. The summed E-state index contributed by atoms with van der Waals surface area (Å²) >= 11 is 0. The number of halogens is 4. The minimum atomic E-state index is -4.36. The number of hydrogen-bond donors (Lipinski definition) is 2. The van der Waals surface area contributed by atoms with Crippen molar-refractivity contribution >= 4 is 24.0 Å². The van der Waals surface area contributed by atoms with Crippen LogP contribution in [-0.4, -0.2) is 31.8 Å². The Bertz CT molecular complexity index is 459. The van der Waals surface area contributed by atoms with Crippen LogP contribution in [0.4, 0.5) is 18.9 Å². The second kappa shape index (κ2) is 7.51. The molecule has 1 aliphatic rings. The summed E-state index contributed by atoms with van der Waals surface area (Å²) in [5.74, 6) is -0.0297. The second-order valence-electron chi connectivity index (χ2n) is 4.61. The van der Waals surface area contributed by atoms with Gasteiger partial charge in [-0.1, -0.05) is 0 Å². The molecule has 0 radical (unpaired) electrons. The van der Waals surface area contributed by atoms with Crippen molar-refractivity contribution in [1.82, 2.24) is 5.32 Å². The Kier molecular flexibility index (Phi) is 6.29. The third-order valence-electron chi connectivity index (χ3n) is 2.96. The van der Waals surface area contributed by atoms with E-state index in [0.717, 1.165) is 13.0 Å². The van der Waals surface area contributed by atoms with E-state index in [9.17, 15) is 18.0 Å². The van der Waals surface area contributed by atoms with Gasteiger partial charge >= 0.3 is 6.18 Å². The zero-order valence-electron chi connectivity index (χ0n) is 11.1. The number of ether oxygens (including phenoxy) is 1. The molecule has 0 bridgehead atoms. The van der Waals surface area contributed by atoms with E-state index in [4.69, 9.17) is 0 Å². The highest BCUT2D eigenvalue weighted by Crippen LogP contribution is 2.21. The van der Waals surface area contributed by atoms with Gasteiger partial charge in [-0.2, -0.15) is 13.2 Å². The van der Waals surface area contributed by atoms with Gasteiger partial charge in [-0.05, 0) is 37.2 Å². The lowest BCUT2D eigenvalue weighted by Gasteiger charge is -2.11. The summed E-state index contributed by atoms with van der Waals surface area (Å²) in [6.07, 6.45) is -3.57. The Morgan fingerprint density at radius 1 is 1.33 bits per heavy atom. The topological polar surface area (TPSA) is 50.4 Å². The Balaban J connectivity index is 0.00000220. The minimum absolute atomic E-state index is 0. The van der Waals surface area contributed by atoms with Crippen molar-refractivity contribution < 1.29 is 22.7 Å². The smallest absolute Gasteiger partial charge is 0.422 e. The molecule has 1 fully saturated rings. The maximum Gasteiger partial charge on any atom is 0.422 e. The zero-order valence-corrected chi connectivity index (χ0v) is 11.9. The van der Waals surface area contributed by atoms with Crippen molar-refractivity contribution in [1.29, 1.82) is 0 Å². The number of amides is 1. The number of carbonyl (C=O) groups is 1. The van der Waals surface area contributed by atoms with E-state index in [1.807, 2.05) is 0 Å². The number of carbonyl (C=O) groups excluding carboxylic acids is 1. The van der Waals surface area contributed by atoms with Crippen LogP contribution in [0.1, 0.15) is 6.42 Å². The molecule has 4 nitrogen and oxygen atoms in total. The van der Waals surface area contributed by atoms with E-state index in [0.29, 0.717) is 12.2 Å². The highest BCUT2D eigenvalue weighted by atomic mass is 35.5. The third-order valence-corrected chi connectivity index (χ3v) is 2.96. The highest BCUT2D eigenvalue weighted by Gasteiger charge is 2.28. The fourth-order valence-corrected chi connectivity index (χ4v) is 1.92. The monoisotopic (exact) mass is 324 g/mol. The van der Waals surface area contributed by atoms with Gasteiger partial charge in [0.2, 0.25) is 5.91 Å². The fraction of sp³-hybridized carbons (Fsp3) is 0.462. The van der Waals surface area contributed by atoms with Crippen LogP contribution >= 0.6 is 12.4 Å². The number of alkyl halides is 3. The Labute approximate surface area is 126 Å². The van der Waals surface area contributed by atoms with Crippen LogP contribution in [-0.2, 0) is 4.79 Å². The molecular formula is C13H16ClF3N2O2. The van der Waals surface area contributed by atoms with Crippen molar-refractivity contribution in [3.8, 4) is 5.75 Å². The average Bonchev–Trinajstić information content (AvgIpc) is 2.91. The molecule has 1 aromatic rings. The second-order valence-corrected chi connectivity index (χ2v) is 4.61. The number of rotatable bonds is 4. The van der Waals surface area contributed by atoms with Gasteiger partial charge in [0.25, 0.3) is 0 Å². The number of hydrogen-bond acceptors (Lipinski definition) is 3. The van der Waals surface area contributed by atoms with Crippen LogP contribution in [0.3, 0.4) is 0 Å². The van der Waals surface area contributed by atoms with Gasteiger partial charge in [0, 0.05) is 12.2 Å². The molecular weight excluding hydrogens is 309 g/mol. The Morgan fingerprint density at radius 2 is 2.00 bits per heavy atom. The van der Waals surface area contributed by atoms with E-state index >= 15 is 0 Å². The molecule has 2 N–H and O–H groups in total. The van der Waals surface area contributed by atoms with Gasteiger partial charge in [0.15, 0.2) is 6.61 Å². The Morgan fingerprint density at radius 3 is 2.52 bits per heavy atom. The quantitative estimate of drug-likeness (QED) is 0.895. The van der Waals surface area contributed by atoms with Gasteiger partial charge in [-0.15, -0.1) is 12.4 Å². The Hall–Kier alpha value is -1.47. The maximum atomic E-state index is 12.0. The molecule has 1 heterocycles. The van der Waals surface area contributed by atoms with Crippen LogP contribution in [0, 0.1) is 5.92 Å². The van der Waals surface area contributed by atoms with Gasteiger partial charge in [-0.25, -0.2) is 0 Å². The van der Waals surface area contributed by atoms with E-state index in [-0.39, 0.29) is 30.0 Å². The first kappa shape index (κ1) is 17.6. The third kappa shape index (κ3) is 5.81. The summed E-state index contributed by atoms with van der Waals surface area (Å²) in [6.45, 7) is 0.146. The molecule has 118 valence electrons. The van der Waals surface area contributed by atoms with Crippen LogP contribution in [0.2, 0.25) is 0 Å². The molecule has 21 heavy (non-hydrogen) atoms. The molecule has 1 aliphatic heterocycles. The van der Waals surface area contributed by atoms with Crippen LogP contribution in [0.15, 0.2) is 24.3 Å². The molecule has 0 aliphatic carbocycles. The predicted octanol–water partition coefficient (Wildman–Crippen LogP) is 2.60.